The van der Waals surface area contributed by atoms with Crippen molar-refractivity contribution in [3.8, 4) is 0 Å². The lowest BCUT2D eigenvalue weighted by Gasteiger charge is -2.14. The Morgan fingerprint density at radius 3 is 2.21 bits per heavy atom. The van der Waals surface area contributed by atoms with E-state index < -0.39 is 5.91 Å². The summed E-state index contributed by atoms with van der Waals surface area (Å²) in [6.45, 7) is 0.500. The number of unbranched alkanes of at least 4 members (excludes halogenated alkanes) is 2. The Kier molecular flexibility index (Phi) is 10.7. The molecule has 180 valence electrons. The fourth-order valence-electron chi connectivity index (χ4n) is 3.09. The van der Waals surface area contributed by atoms with Crippen molar-refractivity contribution >= 4 is 35.4 Å². The van der Waals surface area contributed by atoms with Crippen LogP contribution in [0.1, 0.15) is 42.4 Å². The highest BCUT2D eigenvalue weighted by atomic mass is 19.1. The number of amides is 3. The summed E-state index contributed by atoms with van der Waals surface area (Å²) in [5.74, 6) is -1.19. The van der Waals surface area contributed by atoms with Crippen LogP contribution in [0.5, 0.6) is 0 Å². The quantitative estimate of drug-likeness (QED) is 0.154. The maximum Gasteiger partial charge on any atom is 0.253 e. The highest BCUT2D eigenvalue weighted by molar-refractivity contribution is 6.24. The second-order valence-electron chi connectivity index (χ2n) is 7.90. The van der Waals surface area contributed by atoms with E-state index in [1.54, 1.807) is 43.9 Å². The molecule has 0 bridgehead atoms. The molecule has 0 aliphatic carbocycles. The van der Waals surface area contributed by atoms with E-state index in [2.05, 4.69) is 5.32 Å². The molecule has 0 unspecified atom stereocenters. The van der Waals surface area contributed by atoms with Crippen molar-refractivity contribution < 1.29 is 24.0 Å². The molecule has 0 fully saturated rings. The van der Waals surface area contributed by atoms with Crippen LogP contribution in [0.4, 0.5) is 4.39 Å². The normalized spacial score (nSPS) is 11.4. The molecule has 0 radical (unpaired) electrons. The number of benzene rings is 2. The molecule has 0 saturated carbocycles. The van der Waals surface area contributed by atoms with Crippen LogP contribution in [-0.4, -0.2) is 48.5 Å². The SMILES string of the molecule is CN(C)C(=O)/C(=C/c1ccc(C=CC(=O)NCCCCCC(=O)NO)cc1)c1ccc(F)cc1. The zero-order chi connectivity index (χ0) is 24.9. The van der Waals surface area contributed by atoms with Crippen molar-refractivity contribution in [3.63, 3.8) is 0 Å². The number of hydrogen-bond acceptors (Lipinski definition) is 4. The summed E-state index contributed by atoms with van der Waals surface area (Å²) in [5.41, 5.74) is 4.28. The Morgan fingerprint density at radius 1 is 0.941 bits per heavy atom. The van der Waals surface area contributed by atoms with E-state index in [-0.39, 0.29) is 24.1 Å². The topological polar surface area (TPSA) is 98.7 Å². The third-order valence-electron chi connectivity index (χ3n) is 4.97. The molecule has 7 nitrogen and oxygen atoms in total. The summed E-state index contributed by atoms with van der Waals surface area (Å²) in [5, 5.41) is 11.2. The minimum Gasteiger partial charge on any atom is -0.353 e. The maximum atomic E-state index is 13.3. The van der Waals surface area contributed by atoms with Crippen LogP contribution in [0, 0.1) is 5.82 Å². The van der Waals surface area contributed by atoms with Crippen molar-refractivity contribution in [2.24, 2.45) is 0 Å². The first-order valence-corrected chi connectivity index (χ1v) is 11.0. The summed E-state index contributed by atoms with van der Waals surface area (Å²) >= 11 is 0. The molecule has 2 aromatic rings. The monoisotopic (exact) mass is 467 g/mol. The molecular weight excluding hydrogens is 437 g/mol. The van der Waals surface area contributed by atoms with Crippen molar-refractivity contribution in [1.82, 2.24) is 15.7 Å². The first-order valence-electron chi connectivity index (χ1n) is 11.0. The molecule has 0 aliphatic rings. The second-order valence-corrected chi connectivity index (χ2v) is 7.90. The third-order valence-corrected chi connectivity index (χ3v) is 4.97. The molecule has 3 N–H and O–H groups in total. The minimum atomic E-state index is -0.413. The van der Waals surface area contributed by atoms with Crippen LogP contribution >= 0.6 is 0 Å². The fraction of sp³-hybridized carbons (Fsp3) is 0.269. The van der Waals surface area contributed by atoms with Gasteiger partial charge >= 0.3 is 0 Å². The first kappa shape index (κ1) is 26.5. The van der Waals surface area contributed by atoms with E-state index in [0.29, 0.717) is 24.1 Å². The van der Waals surface area contributed by atoms with E-state index in [1.807, 2.05) is 24.3 Å². The fourth-order valence-corrected chi connectivity index (χ4v) is 3.09. The number of likely N-dealkylation sites (N-methyl/N-ethyl adjacent to an activating group) is 1. The van der Waals surface area contributed by atoms with Gasteiger partial charge in [0.2, 0.25) is 11.8 Å². The number of halogens is 1. The summed E-state index contributed by atoms with van der Waals surface area (Å²) in [6, 6.07) is 13.1. The van der Waals surface area contributed by atoms with Gasteiger partial charge in [0.05, 0.1) is 0 Å². The standard InChI is InChI=1S/C26H30FN3O4/c1-30(2)26(33)23(21-12-14-22(27)15-13-21)18-20-9-7-19(8-10-20)11-16-24(31)28-17-5-3-4-6-25(32)29-34/h7-16,18,34H,3-6,17H2,1-2H3,(H,28,31)(H,29,32)/b16-11?,23-18+. The molecule has 0 spiro atoms. The molecule has 0 saturated heterocycles. The average Bonchev–Trinajstić information content (AvgIpc) is 2.84. The van der Waals surface area contributed by atoms with Crippen LogP contribution in [0.25, 0.3) is 17.7 Å². The summed E-state index contributed by atoms with van der Waals surface area (Å²) in [6.07, 6.45) is 7.29. The smallest absolute Gasteiger partial charge is 0.253 e. The number of hydrogen-bond donors (Lipinski definition) is 3. The largest absolute Gasteiger partial charge is 0.353 e. The lowest BCUT2D eigenvalue weighted by molar-refractivity contribution is -0.129. The van der Waals surface area contributed by atoms with Crippen molar-refractivity contribution in [2.45, 2.75) is 25.7 Å². The number of rotatable bonds is 11. The lowest BCUT2D eigenvalue weighted by Crippen LogP contribution is -2.22. The van der Waals surface area contributed by atoms with Crippen LogP contribution < -0.4 is 10.8 Å². The molecule has 2 aromatic carbocycles. The molecule has 0 aliphatic heterocycles. The zero-order valence-electron chi connectivity index (χ0n) is 19.4. The van der Waals surface area contributed by atoms with Gasteiger partial charge in [-0.1, -0.05) is 42.8 Å². The highest BCUT2D eigenvalue weighted by Crippen LogP contribution is 2.21. The highest BCUT2D eigenvalue weighted by Gasteiger charge is 2.14. The molecule has 34 heavy (non-hydrogen) atoms. The Hall–Kier alpha value is -3.78. The van der Waals surface area contributed by atoms with Gasteiger partial charge < -0.3 is 10.2 Å². The van der Waals surface area contributed by atoms with Gasteiger partial charge in [-0.15, -0.1) is 0 Å². The number of nitrogens with zero attached hydrogens (tertiary/aromatic N) is 1. The molecule has 3 amide bonds. The zero-order valence-corrected chi connectivity index (χ0v) is 19.4. The van der Waals surface area contributed by atoms with E-state index in [9.17, 15) is 18.8 Å². The predicted molar refractivity (Wildman–Crippen MR) is 130 cm³/mol. The number of hydroxylamine groups is 1. The predicted octanol–water partition coefficient (Wildman–Crippen LogP) is 3.65. The van der Waals surface area contributed by atoms with Crippen molar-refractivity contribution in [2.75, 3.05) is 20.6 Å². The first-order chi connectivity index (χ1) is 16.3. The summed E-state index contributed by atoms with van der Waals surface area (Å²) in [4.78, 5) is 37.0. The Morgan fingerprint density at radius 2 is 1.59 bits per heavy atom. The van der Waals surface area contributed by atoms with Gasteiger partial charge in [-0.05, 0) is 53.8 Å². The van der Waals surface area contributed by atoms with E-state index in [0.717, 1.165) is 24.0 Å². The van der Waals surface area contributed by atoms with E-state index >= 15 is 0 Å². The molecule has 0 aromatic heterocycles. The third kappa shape index (κ3) is 8.99. The van der Waals surface area contributed by atoms with Gasteiger partial charge in [-0.3, -0.25) is 19.6 Å². The van der Waals surface area contributed by atoms with Gasteiger partial charge in [0.25, 0.3) is 5.91 Å². The van der Waals surface area contributed by atoms with Crippen LogP contribution in [-0.2, 0) is 14.4 Å². The van der Waals surface area contributed by atoms with E-state index in [4.69, 9.17) is 5.21 Å². The van der Waals surface area contributed by atoms with E-state index in [1.165, 1.54) is 23.1 Å². The Labute approximate surface area is 198 Å². The maximum absolute atomic E-state index is 13.3. The molecule has 8 heteroatoms. The molecule has 0 atom stereocenters. The number of carbonyl (C=O) groups excluding carboxylic acids is 3. The molecular formula is C26H30FN3O4. The van der Waals surface area contributed by atoms with Crippen molar-refractivity contribution in [1.29, 1.82) is 0 Å². The Balaban J connectivity index is 1.95. The van der Waals surface area contributed by atoms with Crippen LogP contribution in [0.2, 0.25) is 0 Å². The molecule has 0 heterocycles. The lowest BCUT2D eigenvalue weighted by atomic mass is 10.0. The van der Waals surface area contributed by atoms with Gasteiger partial charge in [-0.25, -0.2) is 9.87 Å². The Bertz CT molecular complexity index is 1030. The minimum absolute atomic E-state index is 0.191. The number of nitrogens with one attached hydrogen (secondary N) is 2. The van der Waals surface area contributed by atoms with Crippen molar-refractivity contribution in [3.05, 3.63) is 77.1 Å². The summed E-state index contributed by atoms with van der Waals surface area (Å²) < 4.78 is 13.3. The van der Waals surface area contributed by atoms with Gasteiger partial charge in [0.15, 0.2) is 0 Å². The second kappa shape index (κ2) is 13.7. The molecule has 2 rings (SSSR count). The number of carbonyl (C=O) groups is 3. The van der Waals surface area contributed by atoms with Gasteiger partial charge in [0.1, 0.15) is 5.82 Å². The van der Waals surface area contributed by atoms with Gasteiger partial charge in [-0.2, -0.15) is 0 Å². The van der Waals surface area contributed by atoms with Crippen LogP contribution in [0.15, 0.2) is 54.6 Å². The summed E-state index contributed by atoms with van der Waals surface area (Å²) in [7, 11) is 3.32. The average molecular weight is 468 g/mol. The van der Waals surface area contributed by atoms with Crippen LogP contribution in [0.3, 0.4) is 0 Å². The van der Waals surface area contributed by atoms with Gasteiger partial charge in [0, 0.05) is 38.7 Å².